The molecule has 1 rings (SSSR count). The van der Waals surface area contributed by atoms with E-state index in [0.29, 0.717) is 17.7 Å². The van der Waals surface area contributed by atoms with Gasteiger partial charge < -0.3 is 16.2 Å². The molecule has 104 valence electrons. The molecule has 0 fully saturated rings. The first kappa shape index (κ1) is 15.7. The number of amides is 1. The van der Waals surface area contributed by atoms with Gasteiger partial charge in [0.25, 0.3) is 5.91 Å². The second kappa shape index (κ2) is 6.74. The molecule has 0 aromatic heterocycles. The first-order valence-electron chi connectivity index (χ1n) is 5.90. The normalized spacial score (nSPS) is 12.2. The zero-order valence-corrected chi connectivity index (χ0v) is 13.0. The Morgan fingerprint density at radius 3 is 2.53 bits per heavy atom. The minimum Gasteiger partial charge on any atom is -0.480 e. The third kappa shape index (κ3) is 4.70. The van der Waals surface area contributed by atoms with Crippen molar-refractivity contribution in [3.8, 4) is 0 Å². The number of halogens is 1. The lowest BCUT2D eigenvalue weighted by atomic mass is 10.0. The fourth-order valence-electron chi connectivity index (χ4n) is 1.60. The Hall–Kier alpha value is -1.31. The van der Waals surface area contributed by atoms with Gasteiger partial charge in [-0.1, -0.05) is 13.8 Å². The average Bonchev–Trinajstić information content (AvgIpc) is 2.31. The summed E-state index contributed by atoms with van der Waals surface area (Å²) < 4.78 is 0.765. The Labute approximate surface area is 125 Å². The molecule has 0 bridgehead atoms. The van der Waals surface area contributed by atoms with Crippen molar-refractivity contribution in [1.82, 2.24) is 5.32 Å². The van der Waals surface area contributed by atoms with Crippen LogP contribution in [0.5, 0.6) is 0 Å². The number of carboxylic acid groups (broad SMARTS) is 1. The lowest BCUT2D eigenvalue weighted by Gasteiger charge is -2.16. The predicted octanol–water partition coefficient (Wildman–Crippen LogP) is 2.10. The van der Waals surface area contributed by atoms with E-state index in [1.165, 1.54) is 0 Å². The summed E-state index contributed by atoms with van der Waals surface area (Å²) in [5.74, 6) is -1.23. The Balaban J connectivity index is 2.81. The summed E-state index contributed by atoms with van der Waals surface area (Å²) in [7, 11) is 0. The number of hydrogen-bond donors (Lipinski definition) is 3. The molecule has 4 N–H and O–H groups in total. The number of carboxylic acids is 1. The molecule has 0 radical (unpaired) electrons. The highest BCUT2D eigenvalue weighted by atomic mass is 127. The molecule has 1 aromatic carbocycles. The molecule has 0 aliphatic rings. The monoisotopic (exact) mass is 376 g/mol. The lowest BCUT2D eigenvalue weighted by molar-refractivity contribution is -0.139. The number of carbonyl (C=O) groups excluding carboxylic acids is 1. The zero-order chi connectivity index (χ0) is 14.6. The Morgan fingerprint density at radius 1 is 1.42 bits per heavy atom. The van der Waals surface area contributed by atoms with E-state index < -0.39 is 17.9 Å². The van der Waals surface area contributed by atoms with Crippen molar-refractivity contribution in [3.05, 3.63) is 27.3 Å². The summed E-state index contributed by atoms with van der Waals surface area (Å²) in [5, 5.41) is 11.6. The number of nitrogen functional groups attached to an aromatic ring is 1. The van der Waals surface area contributed by atoms with Crippen LogP contribution >= 0.6 is 22.6 Å². The SMILES string of the molecule is CC(C)C[C@H](NC(=O)c1ccc(N)c(I)c1)C(=O)O. The van der Waals surface area contributed by atoms with Crippen molar-refractivity contribution >= 4 is 40.2 Å². The van der Waals surface area contributed by atoms with Gasteiger partial charge in [0.15, 0.2) is 0 Å². The maximum Gasteiger partial charge on any atom is 0.326 e. The Morgan fingerprint density at radius 2 is 2.05 bits per heavy atom. The third-order valence-corrected chi connectivity index (χ3v) is 3.51. The first-order valence-corrected chi connectivity index (χ1v) is 6.97. The molecule has 1 amide bonds. The van der Waals surface area contributed by atoms with Gasteiger partial charge in [0.05, 0.1) is 0 Å². The van der Waals surface area contributed by atoms with Gasteiger partial charge in [-0.25, -0.2) is 4.79 Å². The molecule has 0 spiro atoms. The number of aliphatic carboxylic acids is 1. The van der Waals surface area contributed by atoms with Crippen LogP contribution in [0.2, 0.25) is 0 Å². The minimum atomic E-state index is -1.02. The second-order valence-corrected chi connectivity index (χ2v) is 5.89. The number of anilines is 1. The largest absolute Gasteiger partial charge is 0.480 e. The maximum atomic E-state index is 12.0. The standard InChI is InChI=1S/C13H17IN2O3/c1-7(2)5-11(13(18)19)16-12(17)8-3-4-10(15)9(14)6-8/h3-4,6-7,11H,5,15H2,1-2H3,(H,16,17)(H,18,19)/t11-/m0/s1. The molecule has 0 unspecified atom stereocenters. The third-order valence-electron chi connectivity index (χ3n) is 2.57. The van der Waals surface area contributed by atoms with Gasteiger partial charge in [0.1, 0.15) is 6.04 Å². The van der Waals surface area contributed by atoms with Gasteiger partial charge in [0.2, 0.25) is 0 Å². The van der Waals surface area contributed by atoms with Gasteiger partial charge in [-0.2, -0.15) is 0 Å². The highest BCUT2D eigenvalue weighted by molar-refractivity contribution is 14.1. The summed E-state index contributed by atoms with van der Waals surface area (Å²) in [6, 6.07) is 3.98. The number of rotatable bonds is 5. The van der Waals surface area contributed by atoms with Crippen LogP contribution in [-0.4, -0.2) is 23.0 Å². The molecule has 1 aromatic rings. The molecule has 0 saturated heterocycles. The van der Waals surface area contributed by atoms with Crippen LogP contribution in [0.4, 0.5) is 5.69 Å². The second-order valence-electron chi connectivity index (χ2n) is 4.73. The molecule has 1 atom stereocenters. The van der Waals surface area contributed by atoms with E-state index in [9.17, 15) is 9.59 Å². The molecular weight excluding hydrogens is 359 g/mol. The van der Waals surface area contributed by atoms with Crippen LogP contribution < -0.4 is 11.1 Å². The molecule has 6 heteroatoms. The summed E-state index contributed by atoms with van der Waals surface area (Å²) in [6.45, 7) is 3.82. The number of nitrogens with two attached hydrogens (primary N) is 1. The van der Waals surface area contributed by atoms with E-state index in [4.69, 9.17) is 10.8 Å². The highest BCUT2D eigenvalue weighted by Gasteiger charge is 2.21. The molecule has 0 heterocycles. The van der Waals surface area contributed by atoms with E-state index in [1.807, 2.05) is 36.4 Å². The van der Waals surface area contributed by atoms with Crippen molar-refractivity contribution < 1.29 is 14.7 Å². The van der Waals surface area contributed by atoms with Crippen molar-refractivity contribution in [1.29, 1.82) is 0 Å². The molecule has 19 heavy (non-hydrogen) atoms. The smallest absolute Gasteiger partial charge is 0.326 e. The van der Waals surface area contributed by atoms with Crippen LogP contribution in [0.3, 0.4) is 0 Å². The summed E-state index contributed by atoms with van der Waals surface area (Å²) in [4.78, 5) is 23.1. The van der Waals surface area contributed by atoms with Crippen molar-refractivity contribution in [3.63, 3.8) is 0 Å². The summed E-state index contributed by atoms with van der Waals surface area (Å²) >= 11 is 2.03. The van der Waals surface area contributed by atoms with Crippen LogP contribution in [0.25, 0.3) is 0 Å². The Kier molecular flexibility index (Phi) is 5.59. The quantitative estimate of drug-likeness (QED) is 0.542. The van der Waals surface area contributed by atoms with Crippen LogP contribution in [0, 0.1) is 9.49 Å². The fraction of sp³-hybridized carbons (Fsp3) is 0.385. The highest BCUT2D eigenvalue weighted by Crippen LogP contribution is 2.16. The molecule has 0 aliphatic heterocycles. The van der Waals surface area contributed by atoms with E-state index in [-0.39, 0.29) is 5.92 Å². The number of nitrogens with one attached hydrogen (secondary N) is 1. The van der Waals surface area contributed by atoms with Crippen molar-refractivity contribution in [2.24, 2.45) is 5.92 Å². The van der Waals surface area contributed by atoms with Crippen molar-refractivity contribution in [2.75, 3.05) is 5.73 Å². The summed E-state index contributed by atoms with van der Waals surface area (Å²) in [6.07, 6.45) is 0.396. The van der Waals surface area contributed by atoms with Gasteiger partial charge in [-0.15, -0.1) is 0 Å². The Bertz CT molecular complexity index is 489. The molecule has 0 aliphatic carbocycles. The first-order chi connectivity index (χ1) is 8.81. The lowest BCUT2D eigenvalue weighted by Crippen LogP contribution is -2.41. The molecule has 0 saturated carbocycles. The van der Waals surface area contributed by atoms with Crippen LogP contribution in [-0.2, 0) is 4.79 Å². The fourth-order valence-corrected chi connectivity index (χ4v) is 2.12. The van der Waals surface area contributed by atoms with E-state index in [1.54, 1.807) is 18.2 Å². The molecule has 5 nitrogen and oxygen atoms in total. The van der Waals surface area contributed by atoms with E-state index in [0.717, 1.165) is 3.57 Å². The van der Waals surface area contributed by atoms with Crippen LogP contribution in [0.1, 0.15) is 30.6 Å². The molecular formula is C13H17IN2O3. The number of benzene rings is 1. The minimum absolute atomic E-state index is 0.188. The van der Waals surface area contributed by atoms with E-state index >= 15 is 0 Å². The van der Waals surface area contributed by atoms with Gasteiger partial charge >= 0.3 is 5.97 Å². The predicted molar refractivity (Wildman–Crippen MR) is 81.9 cm³/mol. The van der Waals surface area contributed by atoms with E-state index in [2.05, 4.69) is 5.32 Å². The van der Waals surface area contributed by atoms with Gasteiger partial charge in [-0.05, 0) is 53.1 Å². The number of hydrogen-bond acceptors (Lipinski definition) is 3. The average molecular weight is 376 g/mol. The van der Waals surface area contributed by atoms with Gasteiger partial charge in [0, 0.05) is 14.8 Å². The van der Waals surface area contributed by atoms with Crippen molar-refractivity contribution in [2.45, 2.75) is 26.3 Å². The number of carbonyl (C=O) groups is 2. The van der Waals surface area contributed by atoms with Gasteiger partial charge in [-0.3, -0.25) is 4.79 Å². The maximum absolute atomic E-state index is 12.0. The topological polar surface area (TPSA) is 92.4 Å². The zero-order valence-electron chi connectivity index (χ0n) is 10.8. The summed E-state index contributed by atoms with van der Waals surface area (Å²) in [5.41, 5.74) is 6.67. The van der Waals surface area contributed by atoms with Crippen LogP contribution in [0.15, 0.2) is 18.2 Å².